The van der Waals surface area contributed by atoms with Crippen molar-refractivity contribution >= 4 is 50.5 Å². The summed E-state index contributed by atoms with van der Waals surface area (Å²) in [5.41, 5.74) is 1.05. The molecule has 0 saturated heterocycles. The molecule has 9 nitrogen and oxygen atoms in total. The molecule has 5 rings (SSSR count). The maximum absolute atomic E-state index is 13.0. The van der Waals surface area contributed by atoms with Crippen molar-refractivity contribution in [1.29, 1.82) is 0 Å². The zero-order valence-corrected chi connectivity index (χ0v) is 24.0. The number of rotatable bonds is 9. The molecule has 2 aliphatic rings. The number of nitrogens with one attached hydrogen (secondary N) is 1. The van der Waals surface area contributed by atoms with Crippen molar-refractivity contribution in [3.05, 3.63) is 33.8 Å². The van der Waals surface area contributed by atoms with Gasteiger partial charge in [0, 0.05) is 11.5 Å². The van der Waals surface area contributed by atoms with Gasteiger partial charge in [0.05, 0.1) is 26.5 Å². The molecule has 0 radical (unpaired) electrons. The molecule has 216 valence electrons. The highest BCUT2D eigenvalue weighted by Crippen LogP contribution is 2.46. The van der Waals surface area contributed by atoms with Crippen LogP contribution in [0.2, 0.25) is 10.0 Å². The van der Waals surface area contributed by atoms with Crippen molar-refractivity contribution < 1.29 is 35.9 Å². The normalized spacial score (nSPS) is 20.6. The van der Waals surface area contributed by atoms with Crippen LogP contribution in [-0.4, -0.2) is 46.9 Å². The van der Waals surface area contributed by atoms with Crippen LogP contribution in [0.3, 0.4) is 0 Å². The van der Waals surface area contributed by atoms with E-state index in [-0.39, 0.29) is 16.8 Å². The van der Waals surface area contributed by atoms with Crippen LogP contribution in [0, 0.1) is 11.8 Å². The lowest BCUT2D eigenvalue weighted by Gasteiger charge is -2.29. The van der Waals surface area contributed by atoms with Crippen molar-refractivity contribution in [2.45, 2.75) is 68.5 Å². The van der Waals surface area contributed by atoms with Gasteiger partial charge in [0.25, 0.3) is 5.89 Å². The van der Waals surface area contributed by atoms with E-state index in [2.05, 4.69) is 10.2 Å². The maximum Gasteiger partial charge on any atom is 0.404 e. The lowest BCUT2D eigenvalue weighted by molar-refractivity contribution is -0.147. The molecule has 2 N–H and O–H groups in total. The molecule has 0 bridgehead atoms. The van der Waals surface area contributed by atoms with Crippen LogP contribution in [0.5, 0.6) is 0 Å². The van der Waals surface area contributed by atoms with E-state index in [0.29, 0.717) is 59.1 Å². The number of thiazole rings is 1. The molecule has 2 heterocycles. The van der Waals surface area contributed by atoms with Crippen LogP contribution in [0.1, 0.15) is 56.5 Å². The van der Waals surface area contributed by atoms with E-state index in [4.69, 9.17) is 37.7 Å². The Morgan fingerprint density at radius 1 is 1.23 bits per heavy atom. The smallest absolute Gasteiger partial charge is 0.404 e. The fraction of sp³-hybridized carbons (Fsp3) is 0.500. The van der Waals surface area contributed by atoms with Gasteiger partial charge in [-0.05, 0) is 38.2 Å². The van der Waals surface area contributed by atoms with Gasteiger partial charge in [-0.1, -0.05) is 48.5 Å². The molecule has 1 atom stereocenters. The Labute approximate surface area is 241 Å². The third-order valence-corrected chi connectivity index (χ3v) is 11.0. The summed E-state index contributed by atoms with van der Waals surface area (Å²) in [6.07, 6.45) is -0.195. The number of benzene rings is 1. The third-order valence-electron chi connectivity index (χ3n) is 7.27. The number of carbonyl (C=O) groups is 1. The van der Waals surface area contributed by atoms with Gasteiger partial charge in [-0.25, -0.2) is 13.4 Å². The summed E-state index contributed by atoms with van der Waals surface area (Å²) in [4.78, 5) is 15.9. The first-order valence-corrected chi connectivity index (χ1v) is 15.4. The zero-order chi connectivity index (χ0) is 29.0. The average molecular weight is 640 g/mol. The van der Waals surface area contributed by atoms with Crippen LogP contribution < -0.4 is 4.72 Å². The minimum absolute atomic E-state index is 0.144. The Hall–Kier alpha value is -2.26. The molecule has 3 aromatic rings. The van der Waals surface area contributed by atoms with E-state index in [9.17, 15) is 26.4 Å². The minimum Gasteiger partial charge on any atom is -0.481 e. The summed E-state index contributed by atoms with van der Waals surface area (Å²) < 4.78 is 71.7. The Morgan fingerprint density at radius 2 is 1.93 bits per heavy atom. The van der Waals surface area contributed by atoms with E-state index < -0.39 is 44.0 Å². The van der Waals surface area contributed by atoms with Crippen LogP contribution >= 0.6 is 34.5 Å². The number of nitrogens with zero attached hydrogens (tertiary/aromatic N) is 3. The second-order valence-corrected chi connectivity index (χ2v) is 13.5. The van der Waals surface area contributed by atoms with Crippen LogP contribution in [-0.2, 0) is 21.2 Å². The molecule has 0 aliphatic heterocycles. The monoisotopic (exact) mass is 638 g/mol. The first-order valence-electron chi connectivity index (χ1n) is 12.4. The molecule has 1 unspecified atom stereocenters. The quantitative estimate of drug-likeness (QED) is 0.278. The predicted molar refractivity (Wildman–Crippen MR) is 141 cm³/mol. The van der Waals surface area contributed by atoms with Gasteiger partial charge in [-0.3, -0.25) is 4.79 Å². The van der Waals surface area contributed by atoms with Crippen molar-refractivity contribution in [2.75, 3.05) is 0 Å². The second-order valence-electron chi connectivity index (χ2n) is 10.1. The Morgan fingerprint density at radius 3 is 2.52 bits per heavy atom. The fourth-order valence-electron chi connectivity index (χ4n) is 4.55. The van der Waals surface area contributed by atoms with Gasteiger partial charge in [-0.2, -0.15) is 17.9 Å². The van der Waals surface area contributed by atoms with Gasteiger partial charge < -0.3 is 9.52 Å². The lowest BCUT2D eigenvalue weighted by Crippen LogP contribution is -2.43. The predicted octanol–water partition coefficient (Wildman–Crippen LogP) is 6.32. The van der Waals surface area contributed by atoms with Crippen LogP contribution in [0.25, 0.3) is 21.3 Å². The van der Waals surface area contributed by atoms with Crippen LogP contribution in [0.15, 0.2) is 21.4 Å². The van der Waals surface area contributed by atoms with E-state index in [0.717, 1.165) is 25.3 Å². The number of carboxylic acid groups (broad SMARTS) is 1. The summed E-state index contributed by atoms with van der Waals surface area (Å²) in [5, 5.41) is 17.1. The van der Waals surface area contributed by atoms with E-state index >= 15 is 0 Å². The van der Waals surface area contributed by atoms with Crippen molar-refractivity contribution in [3.8, 4) is 21.3 Å². The minimum atomic E-state index is -4.79. The van der Waals surface area contributed by atoms with E-state index in [1.165, 1.54) is 17.4 Å². The summed E-state index contributed by atoms with van der Waals surface area (Å²) in [6.45, 7) is 0.686. The lowest BCUT2D eigenvalue weighted by atomic mass is 9.75. The van der Waals surface area contributed by atoms with E-state index in [1.807, 2.05) is 0 Å². The zero-order valence-electron chi connectivity index (χ0n) is 20.8. The number of aromatic nitrogens is 3. The highest BCUT2D eigenvalue weighted by Gasteiger charge is 2.40. The molecular weight excluding hydrogens is 616 g/mol. The first kappa shape index (κ1) is 29.2. The summed E-state index contributed by atoms with van der Waals surface area (Å²) >= 11 is 14.0. The first-order chi connectivity index (χ1) is 18.7. The highest BCUT2D eigenvalue weighted by atomic mass is 35.5. The van der Waals surface area contributed by atoms with Crippen molar-refractivity contribution in [2.24, 2.45) is 11.8 Å². The molecule has 2 aliphatic carbocycles. The number of sulfonamides is 1. The van der Waals surface area contributed by atoms with Crippen molar-refractivity contribution in [3.63, 3.8) is 0 Å². The van der Waals surface area contributed by atoms with Gasteiger partial charge in [0.2, 0.25) is 15.9 Å². The topological polar surface area (TPSA) is 135 Å². The number of hydrogen-bond acceptors (Lipinski definition) is 8. The number of alkyl halides is 3. The van der Waals surface area contributed by atoms with Crippen molar-refractivity contribution in [1.82, 2.24) is 19.9 Å². The molecule has 16 heteroatoms. The maximum atomic E-state index is 13.0. The Balaban J connectivity index is 1.47. The number of hydrogen-bond donors (Lipinski definition) is 2. The fourth-order valence-corrected chi connectivity index (χ4v) is 7.75. The summed E-state index contributed by atoms with van der Waals surface area (Å²) in [5.74, 6) is -0.551. The summed E-state index contributed by atoms with van der Waals surface area (Å²) in [7, 11) is -4.64. The van der Waals surface area contributed by atoms with Gasteiger partial charge in [-0.15, -0.1) is 21.5 Å². The number of aliphatic carboxylic acids is 1. The Kier molecular flexibility index (Phi) is 7.94. The van der Waals surface area contributed by atoms with Gasteiger partial charge in [0.15, 0.2) is 5.01 Å². The van der Waals surface area contributed by atoms with E-state index in [1.54, 1.807) is 4.72 Å². The molecule has 0 amide bonds. The second kappa shape index (κ2) is 10.9. The number of halogens is 5. The average Bonchev–Trinajstić information content (AvgIpc) is 3.43. The molecule has 0 spiro atoms. The largest absolute Gasteiger partial charge is 0.481 e. The molecule has 2 aromatic heterocycles. The van der Waals surface area contributed by atoms with Crippen LogP contribution in [0.4, 0.5) is 13.2 Å². The molecule has 2 saturated carbocycles. The third kappa shape index (κ3) is 5.73. The standard InChI is InChI=1S/C24H23Cl2F3N4O5S2/c1-10(24(27,28)29)33-40(36,37)16-6-5-14(17(25)18(16)26)19-15(7-11-3-2-4-11)30-22(39-19)21-32-31-20(38-21)12-8-13(9-12)23(34)35/h5-6,10-13,33H,2-4,7-9H2,1H3,(H,34,35). The summed E-state index contributed by atoms with van der Waals surface area (Å²) in [6, 6.07) is 0.170. The Bertz CT molecular complexity index is 1550. The molecule has 2 fully saturated rings. The number of carboxylic acids is 1. The van der Waals surface area contributed by atoms with Gasteiger partial charge in [0.1, 0.15) is 10.9 Å². The highest BCUT2D eigenvalue weighted by molar-refractivity contribution is 7.89. The molecule has 1 aromatic carbocycles. The molecule has 40 heavy (non-hydrogen) atoms. The SMILES string of the molecule is CC(NS(=O)(=O)c1ccc(-c2sc(-c3nnc(C4CC(C(=O)O)C4)o3)nc2CC2CCC2)c(Cl)c1Cl)C(F)(F)F. The molecular formula is C24H23Cl2F3N4O5S2. The van der Waals surface area contributed by atoms with Gasteiger partial charge >= 0.3 is 12.1 Å².